The van der Waals surface area contributed by atoms with E-state index in [1.54, 1.807) is 23.0 Å². The molecule has 3 rings (SSSR count). The first-order valence-corrected chi connectivity index (χ1v) is 9.82. The molecule has 3 aromatic heterocycles. The van der Waals surface area contributed by atoms with Crippen molar-refractivity contribution in [3.8, 4) is 10.6 Å². The zero-order valence-corrected chi connectivity index (χ0v) is 16.8. The molecule has 146 valence electrons. The number of hydrogen-bond acceptors (Lipinski definition) is 6. The van der Waals surface area contributed by atoms with Crippen molar-refractivity contribution in [2.24, 2.45) is 0 Å². The monoisotopic (exact) mass is 398 g/mol. The number of thiophene rings is 1. The van der Waals surface area contributed by atoms with Crippen LogP contribution in [0.4, 0.5) is 0 Å². The Morgan fingerprint density at radius 2 is 2.18 bits per heavy atom. The number of nitrogens with one attached hydrogen (secondary N) is 1. The highest BCUT2D eigenvalue weighted by Gasteiger charge is 2.23. The van der Waals surface area contributed by atoms with E-state index in [-0.39, 0.29) is 11.9 Å². The predicted octanol–water partition coefficient (Wildman–Crippen LogP) is 3.59. The first kappa shape index (κ1) is 19.8. The summed E-state index contributed by atoms with van der Waals surface area (Å²) in [6.45, 7) is 9.38. The lowest BCUT2D eigenvalue weighted by Gasteiger charge is -2.14. The third-order valence-corrected chi connectivity index (χ3v) is 5.02. The Morgan fingerprint density at radius 3 is 2.82 bits per heavy atom. The number of fused-ring (bicyclic) bond motifs is 1. The van der Waals surface area contributed by atoms with Crippen LogP contribution >= 0.6 is 11.3 Å². The molecule has 7 nitrogen and oxygen atoms in total. The van der Waals surface area contributed by atoms with Gasteiger partial charge in [0.05, 0.1) is 27.7 Å². The van der Waals surface area contributed by atoms with Gasteiger partial charge in [-0.2, -0.15) is 5.10 Å². The van der Waals surface area contributed by atoms with E-state index in [2.05, 4.69) is 17.0 Å². The van der Waals surface area contributed by atoms with E-state index in [1.165, 1.54) is 18.3 Å². The Bertz CT molecular complexity index is 1010. The fourth-order valence-electron chi connectivity index (χ4n) is 2.71. The SMILES string of the molecule is C=CCNC(=O)[C@@H](C)OC(=O)c1cc(-c2cccs2)nc2c1cnn2C(C)C. The number of carbonyl (C=O) groups excluding carboxylic acids is 2. The van der Waals surface area contributed by atoms with E-state index in [9.17, 15) is 9.59 Å². The summed E-state index contributed by atoms with van der Waals surface area (Å²) in [5, 5.41) is 9.54. The summed E-state index contributed by atoms with van der Waals surface area (Å²) in [5.41, 5.74) is 1.61. The molecule has 0 aliphatic rings. The Labute approximate surface area is 167 Å². The van der Waals surface area contributed by atoms with Crippen molar-refractivity contribution in [1.29, 1.82) is 0 Å². The summed E-state index contributed by atoms with van der Waals surface area (Å²) >= 11 is 1.53. The third kappa shape index (κ3) is 3.96. The van der Waals surface area contributed by atoms with Crippen LogP contribution < -0.4 is 5.32 Å². The highest BCUT2D eigenvalue weighted by atomic mass is 32.1. The maximum atomic E-state index is 12.9. The molecule has 0 fully saturated rings. The molecule has 0 aromatic carbocycles. The van der Waals surface area contributed by atoms with Gasteiger partial charge in [0.15, 0.2) is 11.8 Å². The molecule has 3 aromatic rings. The molecule has 3 heterocycles. The minimum absolute atomic E-state index is 0.0797. The number of esters is 1. The molecule has 1 atom stereocenters. The van der Waals surface area contributed by atoms with Gasteiger partial charge in [0.2, 0.25) is 0 Å². The smallest absolute Gasteiger partial charge is 0.339 e. The average Bonchev–Trinajstić information content (AvgIpc) is 3.34. The molecule has 1 N–H and O–H groups in total. The van der Waals surface area contributed by atoms with Gasteiger partial charge in [-0.3, -0.25) is 4.79 Å². The fourth-order valence-corrected chi connectivity index (χ4v) is 3.40. The van der Waals surface area contributed by atoms with E-state index in [0.29, 0.717) is 28.8 Å². The Hall–Kier alpha value is -3.00. The molecular formula is C20H22N4O3S. The lowest BCUT2D eigenvalue weighted by atomic mass is 10.1. The highest BCUT2D eigenvalue weighted by Crippen LogP contribution is 2.29. The Morgan fingerprint density at radius 1 is 1.39 bits per heavy atom. The van der Waals surface area contributed by atoms with Crippen LogP contribution in [0.15, 0.2) is 42.4 Å². The van der Waals surface area contributed by atoms with Gasteiger partial charge in [-0.15, -0.1) is 17.9 Å². The second kappa shape index (κ2) is 8.35. The van der Waals surface area contributed by atoms with Crippen LogP contribution in [-0.2, 0) is 9.53 Å². The number of carbonyl (C=O) groups is 2. The normalized spacial score (nSPS) is 12.1. The fraction of sp³-hybridized carbons (Fsp3) is 0.300. The van der Waals surface area contributed by atoms with Crippen molar-refractivity contribution in [3.63, 3.8) is 0 Å². The Kier molecular flexibility index (Phi) is 5.89. The van der Waals surface area contributed by atoms with Crippen LogP contribution in [0, 0.1) is 0 Å². The molecule has 0 aliphatic heterocycles. The molecule has 8 heteroatoms. The molecule has 1 amide bonds. The maximum absolute atomic E-state index is 12.9. The van der Waals surface area contributed by atoms with Crippen LogP contribution in [0.5, 0.6) is 0 Å². The van der Waals surface area contributed by atoms with Crippen LogP contribution in [0.25, 0.3) is 21.6 Å². The van der Waals surface area contributed by atoms with E-state index < -0.39 is 12.1 Å². The first-order chi connectivity index (χ1) is 13.4. The van der Waals surface area contributed by atoms with Crippen molar-refractivity contribution in [2.75, 3.05) is 6.54 Å². The molecular weight excluding hydrogens is 376 g/mol. The van der Waals surface area contributed by atoms with Crippen LogP contribution in [0.3, 0.4) is 0 Å². The number of pyridine rings is 1. The molecule has 0 unspecified atom stereocenters. The second-order valence-electron chi connectivity index (χ2n) is 6.53. The molecule has 0 radical (unpaired) electrons. The minimum atomic E-state index is -0.930. The van der Waals surface area contributed by atoms with Gasteiger partial charge >= 0.3 is 5.97 Å². The molecule has 28 heavy (non-hydrogen) atoms. The standard InChI is InChI=1S/C20H22N4O3S/c1-5-8-21-19(25)13(4)27-20(26)14-10-16(17-7-6-9-28-17)23-18-15(14)11-22-24(18)12(2)3/h5-7,9-13H,1,8H2,2-4H3,(H,21,25)/t13-/m1/s1. The van der Waals surface area contributed by atoms with Gasteiger partial charge < -0.3 is 10.1 Å². The Balaban J connectivity index is 2.00. The summed E-state index contributed by atoms with van der Waals surface area (Å²) < 4.78 is 7.17. The lowest BCUT2D eigenvalue weighted by molar-refractivity contribution is -0.128. The molecule has 0 saturated heterocycles. The third-order valence-electron chi connectivity index (χ3n) is 4.12. The highest BCUT2D eigenvalue weighted by molar-refractivity contribution is 7.13. The van der Waals surface area contributed by atoms with Gasteiger partial charge in [-0.05, 0) is 38.3 Å². The summed E-state index contributed by atoms with van der Waals surface area (Å²) in [7, 11) is 0. The van der Waals surface area contributed by atoms with E-state index in [0.717, 1.165) is 4.88 Å². The van der Waals surface area contributed by atoms with Crippen LogP contribution in [0.2, 0.25) is 0 Å². The largest absolute Gasteiger partial charge is 0.449 e. The number of amides is 1. The summed E-state index contributed by atoms with van der Waals surface area (Å²) in [6, 6.07) is 5.64. The van der Waals surface area contributed by atoms with E-state index in [4.69, 9.17) is 9.72 Å². The van der Waals surface area contributed by atoms with Gasteiger partial charge in [0.25, 0.3) is 5.91 Å². The summed E-state index contributed by atoms with van der Waals surface area (Å²) in [4.78, 5) is 30.5. The molecule has 0 aliphatic carbocycles. The lowest BCUT2D eigenvalue weighted by Crippen LogP contribution is -2.35. The summed E-state index contributed by atoms with van der Waals surface area (Å²) in [5.74, 6) is -0.968. The maximum Gasteiger partial charge on any atom is 0.339 e. The minimum Gasteiger partial charge on any atom is -0.449 e. The first-order valence-electron chi connectivity index (χ1n) is 8.94. The molecule has 0 saturated carbocycles. The number of rotatable bonds is 7. The van der Waals surface area contributed by atoms with Crippen molar-refractivity contribution >= 4 is 34.2 Å². The van der Waals surface area contributed by atoms with E-state index in [1.807, 2.05) is 31.4 Å². The van der Waals surface area contributed by atoms with Gasteiger partial charge in [0.1, 0.15) is 0 Å². The van der Waals surface area contributed by atoms with Gasteiger partial charge in [-0.1, -0.05) is 12.1 Å². The molecule has 0 spiro atoms. The van der Waals surface area contributed by atoms with Crippen molar-refractivity contribution < 1.29 is 14.3 Å². The topological polar surface area (TPSA) is 86.1 Å². The summed E-state index contributed by atoms with van der Waals surface area (Å²) in [6.07, 6.45) is 2.24. The zero-order chi connectivity index (χ0) is 20.3. The van der Waals surface area contributed by atoms with Crippen LogP contribution in [0.1, 0.15) is 37.2 Å². The van der Waals surface area contributed by atoms with Gasteiger partial charge in [0, 0.05) is 12.6 Å². The van der Waals surface area contributed by atoms with Gasteiger partial charge in [-0.25, -0.2) is 14.5 Å². The number of ether oxygens (including phenoxy) is 1. The number of hydrogen-bond donors (Lipinski definition) is 1. The molecule has 0 bridgehead atoms. The quantitative estimate of drug-likeness (QED) is 0.486. The number of nitrogens with zero attached hydrogens (tertiary/aromatic N) is 3. The van der Waals surface area contributed by atoms with Crippen molar-refractivity contribution in [2.45, 2.75) is 32.9 Å². The zero-order valence-electron chi connectivity index (χ0n) is 16.0. The average molecular weight is 398 g/mol. The van der Waals surface area contributed by atoms with Crippen molar-refractivity contribution in [3.05, 3.63) is 48.0 Å². The van der Waals surface area contributed by atoms with Crippen molar-refractivity contribution in [1.82, 2.24) is 20.1 Å². The van der Waals surface area contributed by atoms with E-state index >= 15 is 0 Å². The second-order valence-corrected chi connectivity index (χ2v) is 7.48. The van der Waals surface area contributed by atoms with Crippen LogP contribution in [-0.4, -0.2) is 39.3 Å². The predicted molar refractivity (Wildman–Crippen MR) is 109 cm³/mol. The number of aromatic nitrogens is 3.